The molecule has 0 aliphatic heterocycles. The van der Waals surface area contributed by atoms with Crippen molar-refractivity contribution in [2.75, 3.05) is 11.1 Å². The average Bonchev–Trinajstić information content (AvgIpc) is 2.75. The Balaban J connectivity index is 2.14. The standard InChI is InChI=1S/C7H8N6O2/c1-3-2-4(11-10-3)9-7(14)5-6(8)13-15-12-5/h2H,1H3,(H2,8,13)(H2,9,10,11,14). The lowest BCUT2D eigenvalue weighted by Gasteiger charge is -1.96. The van der Waals surface area contributed by atoms with Crippen molar-refractivity contribution in [2.45, 2.75) is 6.92 Å². The number of nitrogens with two attached hydrogens (primary N) is 1. The number of rotatable bonds is 2. The summed E-state index contributed by atoms with van der Waals surface area (Å²) in [6.45, 7) is 1.81. The number of aryl methyl sites for hydroxylation is 1. The Kier molecular flexibility index (Phi) is 2.08. The molecule has 8 nitrogen and oxygen atoms in total. The van der Waals surface area contributed by atoms with E-state index in [2.05, 4.69) is 30.5 Å². The van der Waals surface area contributed by atoms with Gasteiger partial charge in [-0.2, -0.15) is 5.10 Å². The molecule has 2 aromatic heterocycles. The molecule has 0 atom stereocenters. The second kappa shape index (κ2) is 3.40. The third kappa shape index (κ3) is 1.77. The number of carbonyl (C=O) groups is 1. The summed E-state index contributed by atoms with van der Waals surface area (Å²) in [6, 6.07) is 1.67. The number of aromatic nitrogens is 4. The molecule has 0 unspecified atom stereocenters. The monoisotopic (exact) mass is 208 g/mol. The van der Waals surface area contributed by atoms with Crippen LogP contribution in [0.2, 0.25) is 0 Å². The Hall–Kier alpha value is -2.38. The van der Waals surface area contributed by atoms with E-state index in [0.717, 1.165) is 5.69 Å². The van der Waals surface area contributed by atoms with Crippen LogP contribution in [-0.4, -0.2) is 26.4 Å². The van der Waals surface area contributed by atoms with Gasteiger partial charge in [0.05, 0.1) is 0 Å². The minimum absolute atomic E-state index is 0.0558. The predicted molar refractivity (Wildman–Crippen MR) is 50.0 cm³/mol. The van der Waals surface area contributed by atoms with Gasteiger partial charge in [-0.1, -0.05) is 0 Å². The molecular weight excluding hydrogens is 200 g/mol. The molecule has 2 aromatic rings. The number of carbonyl (C=O) groups excluding carboxylic acids is 1. The summed E-state index contributed by atoms with van der Waals surface area (Å²) in [7, 11) is 0. The zero-order valence-electron chi connectivity index (χ0n) is 7.81. The van der Waals surface area contributed by atoms with Crippen molar-refractivity contribution in [3.63, 3.8) is 0 Å². The number of aromatic amines is 1. The van der Waals surface area contributed by atoms with Crippen molar-refractivity contribution in [1.82, 2.24) is 20.5 Å². The normalized spacial score (nSPS) is 10.2. The van der Waals surface area contributed by atoms with E-state index in [9.17, 15) is 4.79 Å². The van der Waals surface area contributed by atoms with Gasteiger partial charge >= 0.3 is 0 Å². The summed E-state index contributed by atoms with van der Waals surface area (Å²) in [6.07, 6.45) is 0. The zero-order valence-corrected chi connectivity index (χ0v) is 7.81. The molecular formula is C7H8N6O2. The molecule has 1 amide bonds. The number of nitrogens with zero attached hydrogens (tertiary/aromatic N) is 3. The van der Waals surface area contributed by atoms with Crippen molar-refractivity contribution in [3.05, 3.63) is 17.5 Å². The second-order valence-corrected chi connectivity index (χ2v) is 2.89. The molecule has 0 aliphatic carbocycles. The first-order chi connectivity index (χ1) is 7.16. The van der Waals surface area contributed by atoms with Gasteiger partial charge in [0.2, 0.25) is 11.5 Å². The molecule has 2 heterocycles. The lowest BCUT2D eigenvalue weighted by atomic mass is 10.4. The van der Waals surface area contributed by atoms with Crippen LogP contribution >= 0.6 is 0 Å². The van der Waals surface area contributed by atoms with Crippen LogP contribution < -0.4 is 11.1 Å². The van der Waals surface area contributed by atoms with Crippen LogP contribution in [0, 0.1) is 6.92 Å². The van der Waals surface area contributed by atoms with Gasteiger partial charge in [-0.3, -0.25) is 9.89 Å². The van der Waals surface area contributed by atoms with Gasteiger partial charge in [0, 0.05) is 11.8 Å². The number of nitrogens with one attached hydrogen (secondary N) is 2. The van der Waals surface area contributed by atoms with E-state index < -0.39 is 5.91 Å². The van der Waals surface area contributed by atoms with Crippen molar-refractivity contribution in [3.8, 4) is 0 Å². The highest BCUT2D eigenvalue weighted by molar-refractivity contribution is 6.04. The molecule has 0 saturated heterocycles. The molecule has 0 bridgehead atoms. The maximum absolute atomic E-state index is 11.5. The van der Waals surface area contributed by atoms with Gasteiger partial charge in [0.25, 0.3) is 5.91 Å². The summed E-state index contributed by atoms with van der Waals surface area (Å²) in [5, 5.41) is 15.6. The molecule has 0 fully saturated rings. The number of amides is 1. The topological polar surface area (TPSA) is 123 Å². The van der Waals surface area contributed by atoms with Crippen LogP contribution in [0.3, 0.4) is 0 Å². The van der Waals surface area contributed by atoms with Crippen LogP contribution in [-0.2, 0) is 0 Å². The first-order valence-electron chi connectivity index (χ1n) is 4.08. The largest absolute Gasteiger partial charge is 0.379 e. The van der Waals surface area contributed by atoms with E-state index >= 15 is 0 Å². The summed E-state index contributed by atoms with van der Waals surface area (Å²) in [5.41, 5.74) is 6.11. The third-order valence-electron chi connectivity index (χ3n) is 1.68. The second-order valence-electron chi connectivity index (χ2n) is 2.89. The number of nitrogen functional groups attached to an aromatic ring is 1. The quantitative estimate of drug-likeness (QED) is 0.635. The van der Waals surface area contributed by atoms with Crippen LogP contribution in [0.15, 0.2) is 10.7 Å². The van der Waals surface area contributed by atoms with E-state index in [0.29, 0.717) is 5.82 Å². The maximum atomic E-state index is 11.5. The van der Waals surface area contributed by atoms with Crippen molar-refractivity contribution in [1.29, 1.82) is 0 Å². The predicted octanol–water partition coefficient (Wildman–Crippen LogP) is -0.0644. The fraction of sp³-hybridized carbons (Fsp3) is 0.143. The molecule has 0 saturated carbocycles. The highest BCUT2D eigenvalue weighted by Crippen LogP contribution is 2.09. The van der Waals surface area contributed by atoms with Crippen molar-refractivity contribution in [2.24, 2.45) is 0 Å². The highest BCUT2D eigenvalue weighted by Gasteiger charge is 2.16. The van der Waals surface area contributed by atoms with E-state index in [1.54, 1.807) is 6.07 Å². The van der Waals surface area contributed by atoms with E-state index in [-0.39, 0.29) is 11.5 Å². The molecule has 0 aromatic carbocycles. The zero-order chi connectivity index (χ0) is 10.8. The first kappa shape index (κ1) is 9.19. The minimum atomic E-state index is -0.514. The van der Waals surface area contributed by atoms with Gasteiger partial charge in [-0.05, 0) is 17.2 Å². The van der Waals surface area contributed by atoms with E-state index in [4.69, 9.17) is 5.73 Å². The smallest absolute Gasteiger partial charge is 0.283 e. The lowest BCUT2D eigenvalue weighted by molar-refractivity contribution is 0.101. The molecule has 78 valence electrons. The lowest BCUT2D eigenvalue weighted by Crippen LogP contribution is -2.14. The number of anilines is 2. The van der Waals surface area contributed by atoms with Crippen LogP contribution in [0.25, 0.3) is 0 Å². The summed E-state index contributed by atoms with van der Waals surface area (Å²) >= 11 is 0. The van der Waals surface area contributed by atoms with Gasteiger partial charge in [0.1, 0.15) is 0 Å². The third-order valence-corrected chi connectivity index (χ3v) is 1.68. The van der Waals surface area contributed by atoms with Gasteiger partial charge in [-0.15, -0.1) is 0 Å². The highest BCUT2D eigenvalue weighted by atomic mass is 16.6. The molecule has 0 aliphatic rings. The number of H-pyrrole nitrogens is 1. The van der Waals surface area contributed by atoms with Gasteiger partial charge in [0.15, 0.2) is 5.82 Å². The SMILES string of the molecule is Cc1cc(NC(=O)c2nonc2N)n[nH]1. The Morgan fingerprint density at radius 3 is 2.93 bits per heavy atom. The minimum Gasteiger partial charge on any atom is -0.379 e. The van der Waals surface area contributed by atoms with E-state index in [1.165, 1.54) is 0 Å². The van der Waals surface area contributed by atoms with Crippen molar-refractivity contribution >= 4 is 17.5 Å². The van der Waals surface area contributed by atoms with Gasteiger partial charge < -0.3 is 11.1 Å². The summed E-state index contributed by atoms with van der Waals surface area (Å²) in [4.78, 5) is 11.5. The summed E-state index contributed by atoms with van der Waals surface area (Å²) < 4.78 is 4.30. The van der Waals surface area contributed by atoms with Gasteiger partial charge in [-0.25, -0.2) is 4.63 Å². The molecule has 4 N–H and O–H groups in total. The van der Waals surface area contributed by atoms with Crippen LogP contribution in [0.5, 0.6) is 0 Å². The first-order valence-corrected chi connectivity index (χ1v) is 4.08. The van der Waals surface area contributed by atoms with Crippen molar-refractivity contribution < 1.29 is 9.42 Å². The maximum Gasteiger partial charge on any atom is 0.283 e. The summed E-state index contributed by atoms with van der Waals surface area (Å²) in [5.74, 6) is -0.181. The molecule has 0 radical (unpaired) electrons. The Morgan fingerprint density at radius 1 is 1.60 bits per heavy atom. The molecule has 8 heteroatoms. The fourth-order valence-corrected chi connectivity index (χ4v) is 1.01. The Labute approximate surface area is 83.8 Å². The molecule has 2 rings (SSSR count). The molecule has 15 heavy (non-hydrogen) atoms. The van der Waals surface area contributed by atoms with Crippen LogP contribution in [0.4, 0.5) is 11.6 Å². The fourth-order valence-electron chi connectivity index (χ4n) is 1.01. The Bertz CT molecular complexity index is 487. The molecule has 0 spiro atoms. The number of hydrogen-bond donors (Lipinski definition) is 3. The van der Waals surface area contributed by atoms with E-state index in [1.807, 2.05) is 6.92 Å². The Morgan fingerprint density at radius 2 is 2.40 bits per heavy atom. The number of hydrogen-bond acceptors (Lipinski definition) is 6. The average molecular weight is 208 g/mol. The van der Waals surface area contributed by atoms with Crippen LogP contribution in [0.1, 0.15) is 16.2 Å².